The molecule has 1 heterocycles. The van der Waals surface area contributed by atoms with E-state index in [0.717, 1.165) is 17.7 Å². The maximum absolute atomic E-state index is 12.3. The van der Waals surface area contributed by atoms with Gasteiger partial charge in [0.2, 0.25) is 5.91 Å². The van der Waals surface area contributed by atoms with Crippen molar-refractivity contribution < 1.29 is 9.53 Å². The molecule has 0 aliphatic carbocycles. The molecule has 3 nitrogen and oxygen atoms in total. The molecule has 1 unspecified atom stereocenters. The van der Waals surface area contributed by atoms with Crippen LogP contribution in [0.15, 0.2) is 53.4 Å². The Bertz CT molecular complexity index is 614. The number of amides is 1. The summed E-state index contributed by atoms with van der Waals surface area (Å²) in [6.07, 6.45) is 0.815. The molecule has 0 spiro atoms. The van der Waals surface area contributed by atoms with Crippen LogP contribution in [0.1, 0.15) is 11.1 Å². The molecule has 108 valence electrons. The molecular weight excluding hydrogens is 282 g/mol. The minimum atomic E-state index is -0.0133. The molecule has 4 heteroatoms. The first kappa shape index (κ1) is 14.0. The molecule has 2 aromatic carbocycles. The van der Waals surface area contributed by atoms with Crippen LogP contribution in [-0.4, -0.2) is 18.3 Å². The van der Waals surface area contributed by atoms with Crippen LogP contribution in [0.4, 0.5) is 0 Å². The number of rotatable bonds is 4. The number of carbonyl (C=O) groups is 1. The standard InChI is InChI=1S/C17H17NO2S/c1-20-14-8-6-12(7-9-14)11-18-17(19)16-10-13-4-2-3-5-15(13)21-16/h2-9,16H,10-11H2,1H3,(H,18,19). The molecule has 1 amide bonds. The summed E-state index contributed by atoms with van der Waals surface area (Å²) in [7, 11) is 1.64. The van der Waals surface area contributed by atoms with Crippen LogP contribution in [0, 0.1) is 0 Å². The van der Waals surface area contributed by atoms with Gasteiger partial charge in [-0.05, 0) is 35.7 Å². The number of ether oxygens (including phenoxy) is 1. The van der Waals surface area contributed by atoms with Gasteiger partial charge in [-0.25, -0.2) is 0 Å². The maximum atomic E-state index is 12.3. The van der Waals surface area contributed by atoms with E-state index in [1.165, 1.54) is 10.5 Å². The average Bonchev–Trinajstić information content (AvgIpc) is 2.97. The van der Waals surface area contributed by atoms with Crippen LogP contribution in [0.5, 0.6) is 5.75 Å². The molecule has 0 bridgehead atoms. The number of fused-ring (bicyclic) bond motifs is 1. The van der Waals surface area contributed by atoms with Crippen molar-refractivity contribution in [1.29, 1.82) is 0 Å². The van der Waals surface area contributed by atoms with E-state index in [9.17, 15) is 4.79 Å². The van der Waals surface area contributed by atoms with Crippen LogP contribution in [0.3, 0.4) is 0 Å². The highest BCUT2D eigenvalue weighted by Gasteiger charge is 2.27. The highest BCUT2D eigenvalue weighted by atomic mass is 32.2. The minimum Gasteiger partial charge on any atom is -0.497 e. The van der Waals surface area contributed by atoms with Crippen molar-refractivity contribution in [2.45, 2.75) is 23.1 Å². The molecule has 0 aromatic heterocycles. The molecule has 0 fully saturated rings. The Morgan fingerprint density at radius 2 is 2.00 bits per heavy atom. The van der Waals surface area contributed by atoms with Gasteiger partial charge in [0.25, 0.3) is 0 Å². The van der Waals surface area contributed by atoms with Gasteiger partial charge in [-0.2, -0.15) is 0 Å². The van der Waals surface area contributed by atoms with Crippen molar-refractivity contribution in [3.63, 3.8) is 0 Å². The number of thioether (sulfide) groups is 1. The molecule has 1 aliphatic rings. The van der Waals surface area contributed by atoms with Gasteiger partial charge >= 0.3 is 0 Å². The second-order valence-corrected chi connectivity index (χ2v) is 6.23. The molecule has 0 radical (unpaired) electrons. The zero-order valence-corrected chi connectivity index (χ0v) is 12.7. The molecular formula is C17H17NO2S. The summed E-state index contributed by atoms with van der Waals surface area (Å²) < 4.78 is 5.12. The first-order chi connectivity index (χ1) is 10.3. The van der Waals surface area contributed by atoms with Crippen molar-refractivity contribution in [3.8, 4) is 5.75 Å². The number of benzene rings is 2. The van der Waals surface area contributed by atoms with Gasteiger partial charge < -0.3 is 10.1 Å². The molecule has 0 saturated carbocycles. The molecule has 1 atom stereocenters. The van der Waals surface area contributed by atoms with Crippen molar-refractivity contribution in [1.82, 2.24) is 5.32 Å². The third kappa shape index (κ3) is 3.22. The van der Waals surface area contributed by atoms with Gasteiger partial charge in [0.1, 0.15) is 5.75 Å². The summed E-state index contributed by atoms with van der Waals surface area (Å²) in [4.78, 5) is 13.5. The minimum absolute atomic E-state index is 0.0133. The highest BCUT2D eigenvalue weighted by molar-refractivity contribution is 8.01. The number of carbonyl (C=O) groups excluding carboxylic acids is 1. The second-order valence-electron chi connectivity index (χ2n) is 4.98. The Morgan fingerprint density at radius 1 is 1.24 bits per heavy atom. The SMILES string of the molecule is COc1ccc(CNC(=O)C2Cc3ccccc3S2)cc1. The lowest BCUT2D eigenvalue weighted by atomic mass is 10.1. The van der Waals surface area contributed by atoms with Gasteiger partial charge in [0, 0.05) is 11.4 Å². The van der Waals surface area contributed by atoms with E-state index in [-0.39, 0.29) is 11.2 Å². The molecule has 0 saturated heterocycles. The van der Waals surface area contributed by atoms with Gasteiger partial charge in [-0.1, -0.05) is 30.3 Å². The summed E-state index contributed by atoms with van der Waals surface area (Å²) in [6.45, 7) is 0.552. The van der Waals surface area contributed by atoms with Crippen molar-refractivity contribution >= 4 is 17.7 Å². The number of hydrogen-bond donors (Lipinski definition) is 1. The van der Waals surface area contributed by atoms with Gasteiger partial charge in [-0.3, -0.25) is 4.79 Å². The third-order valence-corrected chi connectivity index (χ3v) is 4.88. The fourth-order valence-electron chi connectivity index (χ4n) is 2.37. The Morgan fingerprint density at radius 3 is 2.71 bits per heavy atom. The predicted molar refractivity (Wildman–Crippen MR) is 84.6 cm³/mol. The Hall–Kier alpha value is -1.94. The van der Waals surface area contributed by atoms with Crippen molar-refractivity contribution in [2.75, 3.05) is 7.11 Å². The number of nitrogens with one attached hydrogen (secondary N) is 1. The molecule has 21 heavy (non-hydrogen) atoms. The lowest BCUT2D eigenvalue weighted by Crippen LogP contribution is -2.31. The zero-order valence-electron chi connectivity index (χ0n) is 11.8. The van der Waals surface area contributed by atoms with Crippen LogP contribution in [0.2, 0.25) is 0 Å². The van der Waals surface area contributed by atoms with E-state index in [0.29, 0.717) is 6.54 Å². The van der Waals surface area contributed by atoms with Gasteiger partial charge in [0.15, 0.2) is 0 Å². The van der Waals surface area contributed by atoms with Crippen LogP contribution in [-0.2, 0) is 17.8 Å². The van der Waals surface area contributed by atoms with Gasteiger partial charge in [0.05, 0.1) is 12.4 Å². The largest absolute Gasteiger partial charge is 0.497 e. The van der Waals surface area contributed by atoms with E-state index < -0.39 is 0 Å². The molecule has 3 rings (SSSR count). The smallest absolute Gasteiger partial charge is 0.234 e. The monoisotopic (exact) mass is 299 g/mol. The average molecular weight is 299 g/mol. The summed E-state index contributed by atoms with van der Waals surface area (Å²) in [6, 6.07) is 16.0. The normalized spacial score (nSPS) is 16.3. The molecule has 1 aliphatic heterocycles. The summed E-state index contributed by atoms with van der Waals surface area (Å²) in [5, 5.41) is 3.00. The second kappa shape index (κ2) is 6.22. The maximum Gasteiger partial charge on any atom is 0.234 e. The Kier molecular flexibility index (Phi) is 4.15. The summed E-state index contributed by atoms with van der Waals surface area (Å²) >= 11 is 1.65. The van der Waals surface area contributed by atoms with Crippen LogP contribution < -0.4 is 10.1 Å². The number of methoxy groups -OCH3 is 1. The van der Waals surface area contributed by atoms with E-state index in [1.807, 2.05) is 36.4 Å². The quantitative estimate of drug-likeness (QED) is 0.943. The Labute approximate surface area is 128 Å². The fraction of sp³-hybridized carbons (Fsp3) is 0.235. The zero-order chi connectivity index (χ0) is 14.7. The highest BCUT2D eigenvalue weighted by Crippen LogP contribution is 2.36. The topological polar surface area (TPSA) is 38.3 Å². The van der Waals surface area contributed by atoms with Crippen LogP contribution in [0.25, 0.3) is 0 Å². The molecule has 2 aromatic rings. The summed E-state index contributed by atoms with van der Waals surface area (Å²) in [5.41, 5.74) is 2.34. The van der Waals surface area contributed by atoms with Crippen LogP contribution >= 0.6 is 11.8 Å². The molecule has 1 N–H and O–H groups in total. The Balaban J connectivity index is 1.55. The van der Waals surface area contributed by atoms with E-state index >= 15 is 0 Å². The first-order valence-corrected chi connectivity index (χ1v) is 7.79. The third-order valence-electron chi connectivity index (χ3n) is 3.57. The summed E-state index contributed by atoms with van der Waals surface area (Å²) in [5.74, 6) is 0.930. The van der Waals surface area contributed by atoms with Gasteiger partial charge in [-0.15, -0.1) is 11.8 Å². The predicted octanol–water partition coefficient (Wildman–Crippen LogP) is 3.03. The van der Waals surface area contributed by atoms with Crippen molar-refractivity contribution in [2.24, 2.45) is 0 Å². The van der Waals surface area contributed by atoms with Crippen molar-refractivity contribution in [3.05, 3.63) is 59.7 Å². The van der Waals surface area contributed by atoms with E-state index in [1.54, 1.807) is 18.9 Å². The lowest BCUT2D eigenvalue weighted by Gasteiger charge is -2.10. The van der Waals surface area contributed by atoms with E-state index in [4.69, 9.17) is 4.74 Å². The fourth-order valence-corrected chi connectivity index (χ4v) is 3.59. The first-order valence-electron chi connectivity index (χ1n) is 6.91. The number of hydrogen-bond acceptors (Lipinski definition) is 3. The lowest BCUT2D eigenvalue weighted by molar-refractivity contribution is -0.120. The van der Waals surface area contributed by atoms with E-state index in [2.05, 4.69) is 17.4 Å².